The number of rotatable bonds is 7. The van der Waals surface area contributed by atoms with Gasteiger partial charge in [-0.05, 0) is 54.6 Å². The van der Waals surface area contributed by atoms with Crippen molar-refractivity contribution in [2.75, 3.05) is 49.5 Å². The van der Waals surface area contributed by atoms with Gasteiger partial charge in [0.15, 0.2) is 0 Å². The van der Waals surface area contributed by atoms with Gasteiger partial charge in [-0.15, -0.1) is 0 Å². The van der Waals surface area contributed by atoms with Crippen LogP contribution in [-0.2, 0) is 9.59 Å². The Balaban J connectivity index is 1.29. The maximum absolute atomic E-state index is 13.3. The number of carbonyl (C=O) groups excluding carboxylic acids is 2. The molecule has 44 heavy (non-hydrogen) atoms. The molecule has 9 nitrogen and oxygen atoms in total. The number of piperazine rings is 1. The summed E-state index contributed by atoms with van der Waals surface area (Å²) in [6.45, 7) is 13.8. The van der Waals surface area contributed by atoms with Gasteiger partial charge < -0.3 is 24.4 Å². The topological polar surface area (TPSA) is 94.8 Å². The first-order valence-electron chi connectivity index (χ1n) is 15.7. The standard InChI is InChI=1S/C35H42N6O3/c1-5-39-18-20-40(21-19-39)32-30-29(24-10-7-6-8-11-24)31(44-34(30)37-23-36-32)25-13-15-26(16-14-25)38-33(43)27-12-9-17-41(27)28(42)22-35(2,3)4/h6-8,10-11,13-16,23,27H,5,9,12,17-22H2,1-4H3,(H,38,43)/t27-/m0/s1. The molecule has 230 valence electrons. The van der Waals surface area contributed by atoms with Crippen LogP contribution in [-0.4, -0.2) is 76.9 Å². The van der Waals surface area contributed by atoms with Crippen molar-refractivity contribution in [3.8, 4) is 22.5 Å². The zero-order chi connectivity index (χ0) is 30.8. The van der Waals surface area contributed by atoms with E-state index >= 15 is 0 Å². The quantitative estimate of drug-likeness (QED) is 0.278. The third-order valence-electron chi connectivity index (χ3n) is 8.62. The van der Waals surface area contributed by atoms with Crippen LogP contribution in [0.15, 0.2) is 65.3 Å². The fourth-order valence-electron chi connectivity index (χ4n) is 6.34. The normalized spacial score (nSPS) is 17.8. The first-order chi connectivity index (χ1) is 21.2. The Kier molecular flexibility index (Phi) is 8.40. The molecule has 2 aromatic heterocycles. The van der Waals surface area contributed by atoms with Gasteiger partial charge in [0.1, 0.15) is 23.9 Å². The summed E-state index contributed by atoms with van der Waals surface area (Å²) in [5.74, 6) is 1.51. The molecule has 1 atom stereocenters. The average Bonchev–Trinajstić information content (AvgIpc) is 3.67. The smallest absolute Gasteiger partial charge is 0.247 e. The van der Waals surface area contributed by atoms with E-state index in [-0.39, 0.29) is 17.2 Å². The molecule has 0 aliphatic carbocycles. The molecule has 6 rings (SSSR count). The minimum Gasteiger partial charge on any atom is -0.437 e. The first-order valence-corrected chi connectivity index (χ1v) is 15.7. The lowest BCUT2D eigenvalue weighted by molar-refractivity contribution is -0.138. The van der Waals surface area contributed by atoms with Crippen LogP contribution in [0.4, 0.5) is 11.5 Å². The molecule has 2 aromatic carbocycles. The van der Waals surface area contributed by atoms with Crippen LogP contribution in [0.2, 0.25) is 0 Å². The number of furan rings is 1. The van der Waals surface area contributed by atoms with Crippen molar-refractivity contribution in [1.29, 1.82) is 0 Å². The number of nitrogens with one attached hydrogen (secondary N) is 1. The first kappa shape index (κ1) is 29.8. The SMILES string of the molecule is CCN1CCN(c2ncnc3oc(-c4ccc(NC(=O)[C@@H]5CCCN5C(=O)CC(C)(C)C)cc4)c(-c4ccccc4)c23)CC1. The molecule has 2 saturated heterocycles. The van der Waals surface area contributed by atoms with Crippen LogP contribution < -0.4 is 10.2 Å². The molecule has 0 bridgehead atoms. The number of nitrogens with zero attached hydrogens (tertiary/aromatic N) is 5. The van der Waals surface area contributed by atoms with E-state index in [1.54, 1.807) is 11.2 Å². The predicted octanol–water partition coefficient (Wildman–Crippen LogP) is 6.06. The molecule has 0 radical (unpaired) electrons. The van der Waals surface area contributed by atoms with Crippen LogP contribution in [0.5, 0.6) is 0 Å². The van der Waals surface area contributed by atoms with Gasteiger partial charge in [0.2, 0.25) is 17.5 Å². The van der Waals surface area contributed by atoms with E-state index in [0.29, 0.717) is 36.5 Å². The second-order valence-electron chi connectivity index (χ2n) is 13.0. The Labute approximate surface area is 259 Å². The highest BCUT2D eigenvalue weighted by atomic mass is 16.3. The average molecular weight is 595 g/mol. The minimum absolute atomic E-state index is 0.0403. The molecule has 1 N–H and O–H groups in total. The zero-order valence-corrected chi connectivity index (χ0v) is 26.2. The third-order valence-corrected chi connectivity index (χ3v) is 8.62. The summed E-state index contributed by atoms with van der Waals surface area (Å²) in [6, 6.07) is 17.5. The molecule has 0 saturated carbocycles. The van der Waals surface area contributed by atoms with Gasteiger partial charge in [-0.2, -0.15) is 0 Å². The Morgan fingerprint density at radius 1 is 0.932 bits per heavy atom. The van der Waals surface area contributed by atoms with Crippen LogP contribution in [0.25, 0.3) is 33.6 Å². The molecular weight excluding hydrogens is 552 g/mol. The fraction of sp³-hybridized carbons (Fsp3) is 0.429. The van der Waals surface area contributed by atoms with E-state index in [1.165, 1.54) is 0 Å². The number of anilines is 2. The molecular formula is C35H42N6O3. The van der Waals surface area contributed by atoms with Crippen molar-refractivity contribution in [3.05, 3.63) is 60.9 Å². The van der Waals surface area contributed by atoms with Crippen LogP contribution in [0.1, 0.15) is 47.0 Å². The van der Waals surface area contributed by atoms with E-state index in [4.69, 9.17) is 9.40 Å². The summed E-state index contributed by atoms with van der Waals surface area (Å²) in [6.07, 6.45) is 3.52. The van der Waals surface area contributed by atoms with Gasteiger partial charge in [-0.25, -0.2) is 9.97 Å². The highest BCUT2D eigenvalue weighted by Gasteiger charge is 2.35. The van der Waals surface area contributed by atoms with Gasteiger partial charge in [-0.1, -0.05) is 58.0 Å². The number of amides is 2. The maximum atomic E-state index is 13.3. The van der Waals surface area contributed by atoms with Crippen molar-refractivity contribution in [2.24, 2.45) is 5.41 Å². The number of likely N-dealkylation sites (tertiary alicyclic amines) is 1. The highest BCUT2D eigenvalue weighted by Crippen LogP contribution is 2.43. The summed E-state index contributed by atoms with van der Waals surface area (Å²) in [5.41, 5.74) is 3.99. The van der Waals surface area contributed by atoms with Gasteiger partial charge in [0.25, 0.3) is 0 Å². The molecule has 0 unspecified atom stereocenters. The summed E-state index contributed by atoms with van der Waals surface area (Å²) in [5, 5.41) is 3.96. The van der Waals surface area contributed by atoms with E-state index in [1.807, 2.05) is 63.2 Å². The second-order valence-corrected chi connectivity index (χ2v) is 13.0. The van der Waals surface area contributed by atoms with E-state index < -0.39 is 6.04 Å². The van der Waals surface area contributed by atoms with Crippen molar-refractivity contribution in [2.45, 2.75) is 53.0 Å². The lowest BCUT2D eigenvalue weighted by Gasteiger charge is -2.35. The Bertz CT molecular complexity index is 1620. The fourth-order valence-corrected chi connectivity index (χ4v) is 6.34. The van der Waals surface area contributed by atoms with E-state index in [0.717, 1.165) is 67.0 Å². The summed E-state index contributed by atoms with van der Waals surface area (Å²) in [7, 11) is 0. The molecule has 4 aromatic rings. The molecule has 2 aliphatic rings. The Hall–Kier alpha value is -4.24. The molecule has 2 aliphatic heterocycles. The number of benzene rings is 2. The highest BCUT2D eigenvalue weighted by molar-refractivity contribution is 6.06. The van der Waals surface area contributed by atoms with Crippen LogP contribution in [0, 0.1) is 5.41 Å². The molecule has 4 heterocycles. The van der Waals surface area contributed by atoms with Crippen molar-refractivity contribution in [3.63, 3.8) is 0 Å². The Morgan fingerprint density at radius 3 is 2.34 bits per heavy atom. The third kappa shape index (κ3) is 6.19. The lowest BCUT2D eigenvalue weighted by Crippen LogP contribution is -2.46. The number of aromatic nitrogens is 2. The predicted molar refractivity (Wildman–Crippen MR) is 174 cm³/mol. The summed E-state index contributed by atoms with van der Waals surface area (Å²) >= 11 is 0. The molecule has 0 spiro atoms. The minimum atomic E-state index is -0.444. The van der Waals surface area contributed by atoms with Crippen molar-refractivity contribution >= 4 is 34.4 Å². The molecule has 2 fully saturated rings. The number of hydrogen-bond acceptors (Lipinski definition) is 7. The number of fused-ring (bicyclic) bond motifs is 1. The molecule has 2 amide bonds. The maximum Gasteiger partial charge on any atom is 0.247 e. The summed E-state index contributed by atoms with van der Waals surface area (Å²) in [4.78, 5) is 42.0. The number of carbonyl (C=O) groups is 2. The van der Waals surface area contributed by atoms with E-state index in [9.17, 15) is 9.59 Å². The van der Waals surface area contributed by atoms with Crippen LogP contribution in [0.3, 0.4) is 0 Å². The largest absolute Gasteiger partial charge is 0.437 e. The lowest BCUT2D eigenvalue weighted by atomic mass is 9.91. The van der Waals surface area contributed by atoms with Crippen molar-refractivity contribution < 1.29 is 14.0 Å². The van der Waals surface area contributed by atoms with Gasteiger partial charge >= 0.3 is 0 Å². The number of likely N-dealkylation sites (N-methyl/N-ethyl adjacent to an activating group) is 1. The number of hydrogen-bond donors (Lipinski definition) is 1. The van der Waals surface area contributed by atoms with Gasteiger partial charge in [-0.3, -0.25) is 9.59 Å². The summed E-state index contributed by atoms with van der Waals surface area (Å²) < 4.78 is 6.48. The zero-order valence-electron chi connectivity index (χ0n) is 26.2. The monoisotopic (exact) mass is 594 g/mol. The van der Waals surface area contributed by atoms with E-state index in [2.05, 4.69) is 39.2 Å². The Morgan fingerprint density at radius 2 is 1.66 bits per heavy atom. The second kappa shape index (κ2) is 12.4. The van der Waals surface area contributed by atoms with Gasteiger partial charge in [0.05, 0.1) is 5.39 Å². The molecule has 9 heteroatoms. The van der Waals surface area contributed by atoms with Gasteiger partial charge in [0, 0.05) is 56.0 Å². The van der Waals surface area contributed by atoms with Crippen LogP contribution >= 0.6 is 0 Å². The van der Waals surface area contributed by atoms with Crippen molar-refractivity contribution in [1.82, 2.24) is 19.8 Å².